The summed E-state index contributed by atoms with van der Waals surface area (Å²) in [5, 5.41) is 3.54. The highest BCUT2D eigenvalue weighted by Crippen LogP contribution is 2.21. The SMILES string of the molecule is Cc1nc(-n2cnc3ccccc32)ccc1CNC1CC1. The summed E-state index contributed by atoms with van der Waals surface area (Å²) in [5.41, 5.74) is 4.44. The average Bonchev–Trinajstić information content (AvgIpc) is 3.23. The molecule has 4 rings (SSSR count). The molecule has 3 aromatic rings. The van der Waals surface area contributed by atoms with E-state index in [0.717, 1.165) is 35.1 Å². The van der Waals surface area contributed by atoms with Crippen LogP contribution in [0.15, 0.2) is 42.7 Å². The van der Waals surface area contributed by atoms with Gasteiger partial charge in [-0.05, 0) is 43.5 Å². The van der Waals surface area contributed by atoms with E-state index in [2.05, 4.69) is 35.4 Å². The number of hydrogen-bond donors (Lipinski definition) is 1. The van der Waals surface area contributed by atoms with E-state index >= 15 is 0 Å². The van der Waals surface area contributed by atoms with Crippen molar-refractivity contribution in [2.45, 2.75) is 32.4 Å². The molecule has 2 aromatic heterocycles. The first kappa shape index (κ1) is 12.5. The van der Waals surface area contributed by atoms with Crippen LogP contribution in [-0.2, 0) is 6.54 Å². The van der Waals surface area contributed by atoms with Gasteiger partial charge in [0.2, 0.25) is 0 Å². The van der Waals surface area contributed by atoms with Crippen LogP contribution in [0.2, 0.25) is 0 Å². The second-order valence-corrected chi connectivity index (χ2v) is 5.67. The topological polar surface area (TPSA) is 42.7 Å². The van der Waals surface area contributed by atoms with Gasteiger partial charge in [0.05, 0.1) is 11.0 Å². The number of rotatable bonds is 4. The van der Waals surface area contributed by atoms with Gasteiger partial charge in [0.1, 0.15) is 12.1 Å². The van der Waals surface area contributed by atoms with Crippen molar-refractivity contribution in [1.29, 1.82) is 0 Å². The molecule has 0 amide bonds. The van der Waals surface area contributed by atoms with Crippen molar-refractivity contribution in [3.8, 4) is 5.82 Å². The first-order chi connectivity index (χ1) is 10.3. The first-order valence-corrected chi connectivity index (χ1v) is 7.43. The van der Waals surface area contributed by atoms with Crippen LogP contribution >= 0.6 is 0 Å². The smallest absolute Gasteiger partial charge is 0.138 e. The number of aromatic nitrogens is 3. The van der Waals surface area contributed by atoms with Crippen LogP contribution in [0.3, 0.4) is 0 Å². The predicted octanol–water partition coefficient (Wildman–Crippen LogP) is 2.98. The third-order valence-electron chi connectivity index (χ3n) is 4.04. The van der Waals surface area contributed by atoms with Crippen LogP contribution in [0.25, 0.3) is 16.9 Å². The lowest BCUT2D eigenvalue weighted by Crippen LogP contribution is -2.16. The number of nitrogens with one attached hydrogen (secondary N) is 1. The van der Waals surface area contributed by atoms with Gasteiger partial charge in [-0.3, -0.25) is 4.57 Å². The summed E-state index contributed by atoms with van der Waals surface area (Å²) >= 11 is 0. The largest absolute Gasteiger partial charge is 0.310 e. The zero-order chi connectivity index (χ0) is 14.2. The van der Waals surface area contributed by atoms with E-state index < -0.39 is 0 Å². The van der Waals surface area contributed by atoms with Gasteiger partial charge in [-0.15, -0.1) is 0 Å². The number of hydrogen-bond acceptors (Lipinski definition) is 3. The molecule has 4 nitrogen and oxygen atoms in total. The van der Waals surface area contributed by atoms with E-state index in [1.54, 1.807) is 0 Å². The van der Waals surface area contributed by atoms with Crippen molar-refractivity contribution < 1.29 is 0 Å². The lowest BCUT2D eigenvalue weighted by Gasteiger charge is -2.09. The van der Waals surface area contributed by atoms with Crippen molar-refractivity contribution in [2.75, 3.05) is 0 Å². The number of fused-ring (bicyclic) bond motifs is 1. The zero-order valence-electron chi connectivity index (χ0n) is 12.1. The Morgan fingerprint density at radius 3 is 2.86 bits per heavy atom. The van der Waals surface area contributed by atoms with Gasteiger partial charge in [-0.25, -0.2) is 9.97 Å². The third-order valence-corrected chi connectivity index (χ3v) is 4.04. The number of para-hydroxylation sites is 2. The number of nitrogens with zero attached hydrogens (tertiary/aromatic N) is 3. The zero-order valence-corrected chi connectivity index (χ0v) is 12.1. The van der Waals surface area contributed by atoms with Crippen LogP contribution in [0.1, 0.15) is 24.1 Å². The van der Waals surface area contributed by atoms with E-state index in [-0.39, 0.29) is 0 Å². The van der Waals surface area contributed by atoms with Crippen molar-refractivity contribution in [2.24, 2.45) is 0 Å². The lowest BCUT2D eigenvalue weighted by atomic mass is 10.2. The predicted molar refractivity (Wildman–Crippen MR) is 83.5 cm³/mol. The highest BCUT2D eigenvalue weighted by Gasteiger charge is 2.20. The van der Waals surface area contributed by atoms with E-state index in [1.807, 2.05) is 29.1 Å². The summed E-state index contributed by atoms with van der Waals surface area (Å²) in [7, 11) is 0. The highest BCUT2D eigenvalue weighted by atomic mass is 15.1. The van der Waals surface area contributed by atoms with E-state index in [4.69, 9.17) is 4.98 Å². The fourth-order valence-electron chi connectivity index (χ4n) is 2.58. The second kappa shape index (κ2) is 4.97. The van der Waals surface area contributed by atoms with Crippen LogP contribution in [-0.4, -0.2) is 20.6 Å². The first-order valence-electron chi connectivity index (χ1n) is 7.43. The fourth-order valence-corrected chi connectivity index (χ4v) is 2.58. The molecular weight excluding hydrogens is 260 g/mol. The summed E-state index contributed by atoms with van der Waals surface area (Å²) in [6.07, 6.45) is 4.46. The molecule has 0 atom stereocenters. The lowest BCUT2D eigenvalue weighted by molar-refractivity contribution is 0.682. The molecule has 1 aliphatic rings. The van der Waals surface area contributed by atoms with Crippen molar-refractivity contribution >= 4 is 11.0 Å². The monoisotopic (exact) mass is 278 g/mol. The molecule has 1 aromatic carbocycles. The second-order valence-electron chi connectivity index (χ2n) is 5.67. The molecule has 0 bridgehead atoms. The van der Waals surface area contributed by atoms with Gasteiger partial charge in [0.25, 0.3) is 0 Å². The number of pyridine rings is 1. The maximum Gasteiger partial charge on any atom is 0.138 e. The van der Waals surface area contributed by atoms with Crippen molar-refractivity contribution in [3.63, 3.8) is 0 Å². The fraction of sp³-hybridized carbons (Fsp3) is 0.294. The summed E-state index contributed by atoms with van der Waals surface area (Å²) in [6.45, 7) is 2.99. The molecule has 0 unspecified atom stereocenters. The Balaban J connectivity index is 1.67. The van der Waals surface area contributed by atoms with Crippen LogP contribution in [0, 0.1) is 6.92 Å². The number of aryl methyl sites for hydroxylation is 1. The molecular formula is C17H18N4. The summed E-state index contributed by atoms with van der Waals surface area (Å²) in [6, 6.07) is 13.1. The molecule has 1 saturated carbocycles. The Morgan fingerprint density at radius 1 is 1.19 bits per heavy atom. The quantitative estimate of drug-likeness (QED) is 0.798. The minimum absolute atomic E-state index is 0.724. The van der Waals surface area contributed by atoms with Crippen LogP contribution in [0.4, 0.5) is 0 Å². The van der Waals surface area contributed by atoms with Gasteiger partial charge < -0.3 is 5.32 Å². The molecule has 2 heterocycles. The molecule has 0 radical (unpaired) electrons. The molecule has 4 heteroatoms. The third kappa shape index (κ3) is 2.43. The Bertz CT molecular complexity index is 786. The van der Waals surface area contributed by atoms with Gasteiger partial charge in [-0.1, -0.05) is 18.2 Å². The van der Waals surface area contributed by atoms with Gasteiger partial charge in [-0.2, -0.15) is 0 Å². The van der Waals surface area contributed by atoms with Crippen molar-refractivity contribution in [1.82, 2.24) is 19.9 Å². The van der Waals surface area contributed by atoms with Crippen LogP contribution < -0.4 is 5.32 Å². The number of benzene rings is 1. The normalized spacial score (nSPS) is 14.7. The maximum atomic E-state index is 4.75. The van der Waals surface area contributed by atoms with Gasteiger partial charge in [0.15, 0.2) is 0 Å². The van der Waals surface area contributed by atoms with E-state index in [1.165, 1.54) is 18.4 Å². The summed E-state index contributed by atoms with van der Waals surface area (Å²) < 4.78 is 2.04. The Kier molecular flexibility index (Phi) is 2.97. The minimum Gasteiger partial charge on any atom is -0.310 e. The summed E-state index contributed by atoms with van der Waals surface area (Å²) in [5.74, 6) is 0.927. The Hall–Kier alpha value is -2.20. The van der Waals surface area contributed by atoms with Gasteiger partial charge >= 0.3 is 0 Å². The minimum atomic E-state index is 0.724. The van der Waals surface area contributed by atoms with Crippen molar-refractivity contribution in [3.05, 3.63) is 54.0 Å². The molecule has 0 saturated heterocycles. The molecule has 1 fully saturated rings. The number of imidazole rings is 1. The molecule has 1 aliphatic carbocycles. The van der Waals surface area contributed by atoms with Crippen LogP contribution in [0.5, 0.6) is 0 Å². The maximum absolute atomic E-state index is 4.75. The Labute approximate surface area is 123 Å². The van der Waals surface area contributed by atoms with E-state index in [9.17, 15) is 0 Å². The standard InChI is InChI=1S/C17H18N4/c1-12-13(10-18-14-7-8-14)6-9-17(20-12)21-11-19-15-4-2-3-5-16(15)21/h2-6,9,11,14,18H,7-8,10H2,1H3. The molecule has 106 valence electrons. The van der Waals surface area contributed by atoms with E-state index in [0.29, 0.717) is 0 Å². The average molecular weight is 278 g/mol. The molecule has 0 spiro atoms. The molecule has 0 aliphatic heterocycles. The summed E-state index contributed by atoms with van der Waals surface area (Å²) in [4.78, 5) is 9.17. The van der Waals surface area contributed by atoms with Gasteiger partial charge in [0, 0.05) is 18.3 Å². The molecule has 21 heavy (non-hydrogen) atoms. The molecule has 1 N–H and O–H groups in total. The Morgan fingerprint density at radius 2 is 2.05 bits per heavy atom. The highest BCUT2D eigenvalue weighted by molar-refractivity contribution is 5.76.